The monoisotopic (exact) mass is 375 g/mol. The van der Waals surface area contributed by atoms with Crippen LogP contribution in [0.1, 0.15) is 40.7 Å². The van der Waals surface area contributed by atoms with Gasteiger partial charge in [-0.05, 0) is 59.0 Å². The van der Waals surface area contributed by atoms with Crippen LogP contribution in [0.5, 0.6) is 0 Å². The Balaban J connectivity index is 1.36. The summed E-state index contributed by atoms with van der Waals surface area (Å²) >= 11 is 0. The molecular weight excluding hydrogens is 354 g/mol. The first kappa shape index (κ1) is 18.0. The van der Waals surface area contributed by atoms with Crippen molar-refractivity contribution in [2.75, 3.05) is 5.32 Å². The van der Waals surface area contributed by atoms with Gasteiger partial charge in [-0.1, -0.05) is 24.3 Å². The maximum atomic E-state index is 12.4. The van der Waals surface area contributed by atoms with E-state index in [-0.39, 0.29) is 24.5 Å². The molecule has 0 saturated heterocycles. The summed E-state index contributed by atoms with van der Waals surface area (Å²) in [4.78, 5) is 24.7. The van der Waals surface area contributed by atoms with E-state index in [1.54, 1.807) is 17.8 Å². The van der Waals surface area contributed by atoms with Gasteiger partial charge in [-0.3, -0.25) is 9.59 Å². The molecule has 4 rings (SSSR count). The van der Waals surface area contributed by atoms with Crippen LogP contribution in [0.4, 0.5) is 5.69 Å². The molecule has 7 heteroatoms. The summed E-state index contributed by atoms with van der Waals surface area (Å²) in [5.74, 6) is 0.425. The molecule has 1 aliphatic carbocycles. The Labute approximate surface area is 162 Å². The molecule has 1 heterocycles. The first-order valence-corrected chi connectivity index (χ1v) is 9.38. The van der Waals surface area contributed by atoms with Gasteiger partial charge in [-0.25, -0.2) is 4.68 Å². The van der Waals surface area contributed by atoms with Crippen molar-refractivity contribution in [3.8, 4) is 11.4 Å². The number of aryl methyl sites for hydroxylation is 3. The Morgan fingerprint density at radius 3 is 2.75 bits per heavy atom. The molecule has 0 aliphatic heterocycles. The number of ketones is 1. The number of Topliss-reactive ketones (excluding diaryl/α,β-unsaturated/α-hetero) is 1. The molecule has 0 spiro atoms. The third-order valence-corrected chi connectivity index (χ3v) is 5.02. The highest BCUT2D eigenvalue weighted by Gasteiger charge is 2.15. The Hall–Kier alpha value is -3.35. The first-order chi connectivity index (χ1) is 13.6. The third kappa shape index (κ3) is 3.83. The summed E-state index contributed by atoms with van der Waals surface area (Å²) in [6, 6.07) is 13.2. The molecule has 28 heavy (non-hydrogen) atoms. The number of tetrazole rings is 1. The summed E-state index contributed by atoms with van der Waals surface area (Å²) in [5.41, 5.74) is 4.76. The second-order valence-electron chi connectivity index (χ2n) is 7.02. The van der Waals surface area contributed by atoms with Gasteiger partial charge in [0.05, 0.1) is 0 Å². The topological polar surface area (TPSA) is 89.8 Å². The number of amides is 1. The molecule has 0 atom stereocenters. The maximum absolute atomic E-state index is 12.4. The van der Waals surface area contributed by atoms with Crippen LogP contribution >= 0.6 is 0 Å². The van der Waals surface area contributed by atoms with Crippen LogP contribution in [0.15, 0.2) is 42.5 Å². The Kier molecular flexibility index (Phi) is 4.97. The minimum atomic E-state index is -0.192. The van der Waals surface area contributed by atoms with Gasteiger partial charge in [-0.15, -0.1) is 5.10 Å². The van der Waals surface area contributed by atoms with Gasteiger partial charge < -0.3 is 5.32 Å². The van der Waals surface area contributed by atoms with E-state index in [0.717, 1.165) is 24.8 Å². The number of carbonyl (C=O) groups is 2. The van der Waals surface area contributed by atoms with Crippen LogP contribution in [0.2, 0.25) is 0 Å². The number of benzene rings is 2. The van der Waals surface area contributed by atoms with Crippen LogP contribution in [-0.4, -0.2) is 31.9 Å². The van der Waals surface area contributed by atoms with Crippen molar-refractivity contribution < 1.29 is 9.59 Å². The second kappa shape index (κ2) is 7.72. The summed E-state index contributed by atoms with van der Waals surface area (Å²) in [6.45, 7) is 0. The summed E-state index contributed by atoms with van der Waals surface area (Å²) in [5, 5.41) is 14.3. The highest BCUT2D eigenvalue weighted by atomic mass is 16.2. The van der Waals surface area contributed by atoms with Gasteiger partial charge >= 0.3 is 0 Å². The zero-order chi connectivity index (χ0) is 19.5. The molecule has 0 fully saturated rings. The molecular formula is C21H21N5O2. The van der Waals surface area contributed by atoms with Crippen molar-refractivity contribution in [1.29, 1.82) is 0 Å². The number of carbonyl (C=O) groups excluding carboxylic acids is 2. The average Bonchev–Trinajstić information content (AvgIpc) is 3.34. The van der Waals surface area contributed by atoms with E-state index < -0.39 is 0 Å². The lowest BCUT2D eigenvalue weighted by atomic mass is 10.0. The van der Waals surface area contributed by atoms with E-state index in [4.69, 9.17) is 0 Å². The molecule has 2 aromatic carbocycles. The molecule has 3 aromatic rings. The predicted octanol–water partition coefficient (Wildman–Crippen LogP) is 2.97. The summed E-state index contributed by atoms with van der Waals surface area (Å²) < 4.78 is 1.57. The molecule has 1 amide bonds. The van der Waals surface area contributed by atoms with Crippen LogP contribution in [0.25, 0.3) is 11.4 Å². The van der Waals surface area contributed by atoms with Crippen molar-refractivity contribution in [2.45, 2.75) is 32.1 Å². The van der Waals surface area contributed by atoms with Crippen LogP contribution < -0.4 is 5.32 Å². The molecule has 0 unspecified atom stereocenters. The van der Waals surface area contributed by atoms with Crippen LogP contribution in [-0.2, 0) is 24.7 Å². The van der Waals surface area contributed by atoms with Crippen molar-refractivity contribution in [3.63, 3.8) is 0 Å². The van der Waals surface area contributed by atoms with Crippen molar-refractivity contribution in [3.05, 3.63) is 59.2 Å². The lowest BCUT2D eigenvalue weighted by molar-refractivity contribution is -0.116. The van der Waals surface area contributed by atoms with E-state index >= 15 is 0 Å². The molecule has 142 valence electrons. The number of anilines is 1. The maximum Gasteiger partial charge on any atom is 0.224 e. The van der Waals surface area contributed by atoms with Gasteiger partial charge in [0, 0.05) is 36.7 Å². The minimum absolute atomic E-state index is 0.00348. The number of rotatable bonds is 6. The molecule has 1 aromatic heterocycles. The van der Waals surface area contributed by atoms with Crippen LogP contribution in [0, 0.1) is 0 Å². The van der Waals surface area contributed by atoms with Gasteiger partial charge in [0.2, 0.25) is 5.91 Å². The van der Waals surface area contributed by atoms with E-state index in [1.165, 1.54) is 11.1 Å². The zero-order valence-electron chi connectivity index (χ0n) is 15.7. The predicted molar refractivity (Wildman–Crippen MR) is 105 cm³/mol. The Bertz CT molecular complexity index is 1040. The highest BCUT2D eigenvalue weighted by molar-refractivity contribution is 6.00. The van der Waals surface area contributed by atoms with Gasteiger partial charge in [0.25, 0.3) is 0 Å². The number of hydrogen-bond donors (Lipinski definition) is 1. The Morgan fingerprint density at radius 2 is 1.93 bits per heavy atom. The first-order valence-electron chi connectivity index (χ1n) is 9.38. The Morgan fingerprint density at radius 1 is 1.07 bits per heavy atom. The molecule has 0 radical (unpaired) electrons. The molecule has 1 aliphatic rings. The molecule has 0 bridgehead atoms. The van der Waals surface area contributed by atoms with E-state index in [0.29, 0.717) is 17.1 Å². The van der Waals surface area contributed by atoms with E-state index in [9.17, 15) is 9.59 Å². The van der Waals surface area contributed by atoms with Crippen molar-refractivity contribution in [2.24, 2.45) is 7.05 Å². The normalized spacial score (nSPS) is 12.6. The SMILES string of the molecule is Cn1nnnc1-c1cccc(NC(=O)CCC(=O)c2ccc3c(c2)CCC3)c1. The summed E-state index contributed by atoms with van der Waals surface area (Å²) in [6.07, 6.45) is 3.62. The number of aromatic nitrogens is 4. The zero-order valence-corrected chi connectivity index (χ0v) is 15.7. The van der Waals surface area contributed by atoms with Crippen LogP contribution in [0.3, 0.4) is 0 Å². The minimum Gasteiger partial charge on any atom is -0.326 e. The second-order valence-corrected chi connectivity index (χ2v) is 7.02. The quantitative estimate of drug-likeness (QED) is 0.669. The van der Waals surface area contributed by atoms with Gasteiger partial charge in [-0.2, -0.15) is 0 Å². The van der Waals surface area contributed by atoms with Gasteiger partial charge in [0.1, 0.15) is 0 Å². The van der Waals surface area contributed by atoms with E-state index in [1.807, 2.05) is 36.4 Å². The lowest BCUT2D eigenvalue weighted by Crippen LogP contribution is -2.13. The fourth-order valence-corrected chi connectivity index (χ4v) is 3.55. The highest BCUT2D eigenvalue weighted by Crippen LogP contribution is 2.24. The molecule has 0 saturated carbocycles. The number of fused-ring (bicyclic) bond motifs is 1. The fourth-order valence-electron chi connectivity index (χ4n) is 3.55. The van der Waals surface area contributed by atoms with E-state index in [2.05, 4.69) is 20.8 Å². The number of hydrogen-bond acceptors (Lipinski definition) is 5. The van der Waals surface area contributed by atoms with Crippen molar-refractivity contribution >= 4 is 17.4 Å². The third-order valence-electron chi connectivity index (χ3n) is 5.02. The average molecular weight is 375 g/mol. The smallest absolute Gasteiger partial charge is 0.224 e. The molecule has 1 N–H and O–H groups in total. The van der Waals surface area contributed by atoms with Gasteiger partial charge in [0.15, 0.2) is 11.6 Å². The lowest BCUT2D eigenvalue weighted by Gasteiger charge is -2.07. The number of nitrogens with one attached hydrogen (secondary N) is 1. The fraction of sp³-hybridized carbons (Fsp3) is 0.286. The van der Waals surface area contributed by atoms with Crippen molar-refractivity contribution in [1.82, 2.24) is 20.2 Å². The standard InChI is InChI=1S/C21H21N5O2/c1-26-21(23-24-25-26)17-6-3-7-18(13-17)22-20(28)11-10-19(27)16-9-8-14-4-2-5-15(14)12-16/h3,6-9,12-13H,2,4-5,10-11H2,1H3,(H,22,28). The summed E-state index contributed by atoms with van der Waals surface area (Å²) in [7, 11) is 1.76. The largest absolute Gasteiger partial charge is 0.326 e. The molecule has 7 nitrogen and oxygen atoms in total. The number of nitrogens with zero attached hydrogens (tertiary/aromatic N) is 4.